The van der Waals surface area contributed by atoms with E-state index in [-0.39, 0.29) is 0 Å². The van der Waals surface area contributed by atoms with Gasteiger partial charge in [0.2, 0.25) is 0 Å². The smallest absolute Gasteiger partial charge is 0.0912 e. The molecule has 0 heterocycles. The predicted octanol–water partition coefficient (Wildman–Crippen LogP) is 7.18. The third kappa shape index (κ3) is 8.05. The molecule has 0 N–H and O–H groups in total. The molecule has 0 atom stereocenters. The highest BCUT2D eigenvalue weighted by atomic mass is 14.2. The van der Waals surface area contributed by atoms with E-state index >= 15 is 0 Å². The number of unbranched alkanes of at least 4 members (excludes halogenated alkanes) is 2. The normalized spacial score (nSPS) is 20.6. The molecule has 1 aromatic carbocycles. The second kappa shape index (κ2) is 12.5. The van der Waals surface area contributed by atoms with Crippen LogP contribution in [0.25, 0.3) is 0 Å². The molecule has 26 heavy (non-hydrogen) atoms. The number of nitriles is 1. The Balaban J connectivity index is 1.57. The van der Waals surface area contributed by atoms with E-state index in [2.05, 4.69) is 37.3 Å². The Kier molecular flexibility index (Phi) is 9.88. The molecule has 2 rings (SSSR count). The van der Waals surface area contributed by atoms with Gasteiger partial charge in [-0.05, 0) is 74.3 Å². The highest BCUT2D eigenvalue weighted by molar-refractivity contribution is 5.22. The molecule has 0 aliphatic heterocycles. The van der Waals surface area contributed by atoms with Crippen LogP contribution in [0.15, 0.2) is 48.6 Å². The Labute approximate surface area is 160 Å². The lowest BCUT2D eigenvalue weighted by molar-refractivity contribution is 0.289. The summed E-state index contributed by atoms with van der Waals surface area (Å²) in [5.41, 5.74) is 2.99. The zero-order valence-electron chi connectivity index (χ0n) is 16.5. The van der Waals surface area contributed by atoms with Crippen molar-refractivity contribution >= 4 is 0 Å². The molecule has 0 amide bonds. The summed E-state index contributed by atoms with van der Waals surface area (Å²) < 4.78 is 0. The van der Waals surface area contributed by atoms with Crippen LogP contribution < -0.4 is 0 Å². The molecule has 1 saturated carbocycles. The van der Waals surface area contributed by atoms with Crippen LogP contribution >= 0.6 is 0 Å². The molecular weight excluding hydrogens is 314 g/mol. The third-order valence-electron chi connectivity index (χ3n) is 5.73. The van der Waals surface area contributed by atoms with Gasteiger partial charge in [0.1, 0.15) is 0 Å². The molecule has 0 radical (unpaired) electrons. The van der Waals surface area contributed by atoms with Crippen molar-refractivity contribution in [2.24, 2.45) is 11.8 Å². The van der Waals surface area contributed by atoms with E-state index in [9.17, 15) is 0 Å². The summed E-state index contributed by atoms with van der Waals surface area (Å²) in [4.78, 5) is 0. The highest BCUT2D eigenvalue weighted by Crippen LogP contribution is 2.32. The Morgan fingerprint density at radius 3 is 2.19 bits per heavy atom. The number of rotatable bonds is 10. The standard InChI is InChI=1S/C25H35N/c1-2-3-9-22-13-15-24(16-14-22)11-6-7-12-25-19-17-23(18-20-25)10-5-4-8-21-26/h4-5,8,10,13-16,23,25H,2-3,6-7,9,11-12,17-20H2,1H3/b8-4+,10-5+/t23-,25-. The van der Waals surface area contributed by atoms with E-state index < -0.39 is 0 Å². The van der Waals surface area contributed by atoms with Gasteiger partial charge in [-0.15, -0.1) is 0 Å². The summed E-state index contributed by atoms with van der Waals surface area (Å²) in [5.74, 6) is 1.66. The number of hydrogen-bond donors (Lipinski definition) is 0. The topological polar surface area (TPSA) is 23.8 Å². The van der Waals surface area contributed by atoms with E-state index in [0.29, 0.717) is 0 Å². The summed E-state index contributed by atoms with van der Waals surface area (Å²) in [6.07, 6.45) is 22.2. The molecule has 1 aliphatic carbocycles. The maximum atomic E-state index is 8.49. The van der Waals surface area contributed by atoms with Crippen molar-refractivity contribution in [3.63, 3.8) is 0 Å². The molecule has 1 nitrogen and oxygen atoms in total. The van der Waals surface area contributed by atoms with Crippen molar-refractivity contribution in [1.29, 1.82) is 5.26 Å². The fourth-order valence-corrected chi connectivity index (χ4v) is 4.00. The fraction of sp³-hybridized carbons (Fsp3) is 0.560. The van der Waals surface area contributed by atoms with Crippen LogP contribution in [0.1, 0.15) is 75.8 Å². The maximum Gasteiger partial charge on any atom is 0.0912 e. The molecule has 0 saturated heterocycles. The Bertz CT molecular complexity index is 580. The van der Waals surface area contributed by atoms with Crippen LogP contribution in [0.4, 0.5) is 0 Å². The first-order valence-electron chi connectivity index (χ1n) is 10.6. The van der Waals surface area contributed by atoms with Gasteiger partial charge in [0.15, 0.2) is 0 Å². The van der Waals surface area contributed by atoms with E-state index in [0.717, 1.165) is 11.8 Å². The highest BCUT2D eigenvalue weighted by Gasteiger charge is 2.18. The summed E-state index contributed by atoms with van der Waals surface area (Å²) in [5, 5.41) is 8.49. The Hall–Kier alpha value is -1.81. The molecular formula is C25H35N. The lowest BCUT2D eigenvalue weighted by Gasteiger charge is -2.26. The minimum Gasteiger partial charge on any atom is -0.193 e. The van der Waals surface area contributed by atoms with Crippen molar-refractivity contribution in [3.8, 4) is 6.07 Å². The van der Waals surface area contributed by atoms with Crippen LogP contribution in [0.3, 0.4) is 0 Å². The molecule has 1 aliphatic rings. The van der Waals surface area contributed by atoms with Gasteiger partial charge in [-0.25, -0.2) is 0 Å². The van der Waals surface area contributed by atoms with Crippen LogP contribution in [0.2, 0.25) is 0 Å². The second-order valence-corrected chi connectivity index (χ2v) is 7.82. The van der Waals surface area contributed by atoms with Crippen LogP contribution in [-0.4, -0.2) is 0 Å². The van der Waals surface area contributed by atoms with Gasteiger partial charge < -0.3 is 0 Å². The van der Waals surface area contributed by atoms with Gasteiger partial charge in [0.05, 0.1) is 6.07 Å². The molecule has 1 aromatic rings. The number of nitrogens with zero attached hydrogens (tertiary/aromatic N) is 1. The van der Waals surface area contributed by atoms with E-state index in [4.69, 9.17) is 5.26 Å². The molecule has 1 heteroatoms. The number of hydrogen-bond acceptors (Lipinski definition) is 1. The van der Waals surface area contributed by atoms with Gasteiger partial charge in [-0.3, -0.25) is 0 Å². The first kappa shape index (κ1) is 20.5. The first-order valence-corrected chi connectivity index (χ1v) is 10.6. The van der Waals surface area contributed by atoms with Crippen molar-refractivity contribution in [1.82, 2.24) is 0 Å². The fourth-order valence-electron chi connectivity index (χ4n) is 4.00. The van der Waals surface area contributed by atoms with Crippen molar-refractivity contribution in [2.45, 2.75) is 77.6 Å². The van der Waals surface area contributed by atoms with E-state index in [1.54, 1.807) is 6.08 Å². The van der Waals surface area contributed by atoms with Crippen molar-refractivity contribution < 1.29 is 0 Å². The minimum absolute atomic E-state index is 0.723. The largest absolute Gasteiger partial charge is 0.193 e. The molecule has 1 fully saturated rings. The summed E-state index contributed by atoms with van der Waals surface area (Å²) >= 11 is 0. The quantitative estimate of drug-likeness (QED) is 0.249. The second-order valence-electron chi connectivity index (χ2n) is 7.82. The molecule has 0 unspecified atom stereocenters. The zero-order valence-corrected chi connectivity index (χ0v) is 16.5. The first-order chi connectivity index (χ1) is 12.8. The van der Waals surface area contributed by atoms with E-state index in [1.165, 1.54) is 81.8 Å². The van der Waals surface area contributed by atoms with Gasteiger partial charge in [-0.1, -0.05) is 68.7 Å². The Morgan fingerprint density at radius 1 is 0.923 bits per heavy atom. The van der Waals surface area contributed by atoms with Crippen LogP contribution in [0, 0.1) is 23.2 Å². The number of aryl methyl sites for hydroxylation is 2. The minimum atomic E-state index is 0.723. The van der Waals surface area contributed by atoms with Crippen LogP contribution in [-0.2, 0) is 12.8 Å². The van der Waals surface area contributed by atoms with Gasteiger partial charge in [0.25, 0.3) is 0 Å². The monoisotopic (exact) mass is 349 g/mol. The van der Waals surface area contributed by atoms with Crippen molar-refractivity contribution in [2.75, 3.05) is 0 Å². The number of benzene rings is 1. The molecule has 0 spiro atoms. The summed E-state index contributed by atoms with van der Waals surface area (Å²) in [6.45, 7) is 2.26. The maximum absolute atomic E-state index is 8.49. The SMILES string of the molecule is CCCCc1ccc(CCCC[C@H]2CC[C@H](/C=C/C=C/C#N)CC2)cc1. The van der Waals surface area contributed by atoms with Crippen LogP contribution in [0.5, 0.6) is 0 Å². The summed E-state index contributed by atoms with van der Waals surface area (Å²) in [7, 11) is 0. The lowest BCUT2D eigenvalue weighted by atomic mass is 9.79. The molecule has 0 bridgehead atoms. The lowest BCUT2D eigenvalue weighted by Crippen LogP contribution is -2.13. The van der Waals surface area contributed by atoms with Gasteiger partial charge in [-0.2, -0.15) is 5.26 Å². The van der Waals surface area contributed by atoms with Gasteiger partial charge >= 0.3 is 0 Å². The zero-order chi connectivity index (χ0) is 18.5. The third-order valence-corrected chi connectivity index (χ3v) is 5.73. The average Bonchev–Trinajstić information content (AvgIpc) is 2.69. The van der Waals surface area contributed by atoms with E-state index in [1.807, 2.05) is 18.2 Å². The number of allylic oxidation sites excluding steroid dienone is 4. The predicted molar refractivity (Wildman–Crippen MR) is 112 cm³/mol. The summed E-state index contributed by atoms with van der Waals surface area (Å²) in [6, 6.07) is 11.4. The van der Waals surface area contributed by atoms with Crippen molar-refractivity contribution in [3.05, 3.63) is 59.7 Å². The Morgan fingerprint density at radius 2 is 1.58 bits per heavy atom. The average molecular weight is 350 g/mol. The molecule has 140 valence electrons. The molecule has 0 aromatic heterocycles. The van der Waals surface area contributed by atoms with Gasteiger partial charge in [0, 0.05) is 6.08 Å².